The molecule has 0 saturated carbocycles. The van der Waals surface area contributed by atoms with Crippen LogP contribution in [0.4, 0.5) is 0 Å². The number of fused-ring (bicyclic) bond motifs is 5. The van der Waals surface area contributed by atoms with Crippen molar-refractivity contribution < 1.29 is 9.21 Å². The Hall–Kier alpha value is -3.39. The van der Waals surface area contributed by atoms with E-state index in [1.807, 2.05) is 85.8 Å². The Morgan fingerprint density at radius 2 is 1.50 bits per heavy atom. The van der Waals surface area contributed by atoms with Crippen molar-refractivity contribution in [2.75, 3.05) is 0 Å². The number of rotatable bonds is 2. The number of para-hydroxylation sites is 1. The third kappa shape index (κ3) is 2.16. The van der Waals surface area contributed by atoms with E-state index in [0.29, 0.717) is 11.1 Å². The van der Waals surface area contributed by atoms with Crippen molar-refractivity contribution in [1.82, 2.24) is 0 Å². The molecule has 0 fully saturated rings. The Labute approximate surface area is 150 Å². The maximum atomic E-state index is 13.3. The van der Waals surface area contributed by atoms with Gasteiger partial charge in [0.25, 0.3) is 0 Å². The first-order chi connectivity index (χ1) is 12.7. The number of aryl methyl sites for hydroxylation is 1. The van der Waals surface area contributed by atoms with Crippen LogP contribution in [0.5, 0.6) is 0 Å². The van der Waals surface area contributed by atoms with E-state index in [1.54, 1.807) is 0 Å². The van der Waals surface area contributed by atoms with Crippen molar-refractivity contribution in [3.05, 3.63) is 95.6 Å². The van der Waals surface area contributed by atoms with Crippen LogP contribution in [0.3, 0.4) is 0 Å². The summed E-state index contributed by atoms with van der Waals surface area (Å²) in [7, 11) is 0. The zero-order valence-electron chi connectivity index (χ0n) is 14.3. The molecule has 1 aromatic heterocycles. The number of carbonyl (C=O) groups excluding carboxylic acids is 1. The molecule has 5 rings (SSSR count). The number of hydrogen-bond donors (Lipinski definition) is 0. The number of furan rings is 1. The van der Waals surface area contributed by atoms with Gasteiger partial charge in [-0.05, 0) is 24.4 Å². The van der Waals surface area contributed by atoms with Gasteiger partial charge in [0.05, 0.1) is 0 Å². The van der Waals surface area contributed by atoms with Crippen LogP contribution >= 0.6 is 0 Å². The molecule has 0 amide bonds. The molecular weight excluding hydrogens is 320 g/mol. The molecule has 0 radical (unpaired) electrons. The molecule has 0 unspecified atom stereocenters. The van der Waals surface area contributed by atoms with Crippen LogP contribution in [-0.2, 0) is 0 Å². The van der Waals surface area contributed by atoms with Gasteiger partial charge < -0.3 is 4.42 Å². The first-order valence-corrected chi connectivity index (χ1v) is 8.67. The van der Waals surface area contributed by atoms with E-state index in [2.05, 4.69) is 0 Å². The quantitative estimate of drug-likeness (QED) is 0.355. The highest BCUT2D eigenvalue weighted by atomic mass is 16.3. The van der Waals surface area contributed by atoms with Gasteiger partial charge >= 0.3 is 0 Å². The van der Waals surface area contributed by atoms with Gasteiger partial charge in [0.15, 0.2) is 5.78 Å². The first kappa shape index (κ1) is 14.9. The minimum Gasteiger partial charge on any atom is -0.455 e. The maximum absolute atomic E-state index is 13.3. The van der Waals surface area contributed by atoms with Crippen LogP contribution in [0.25, 0.3) is 32.7 Å². The lowest BCUT2D eigenvalue weighted by molar-refractivity contribution is 0.104. The standard InChI is InChI=1S/C24H16O2/c1-15-10-12-16(13-11-15)23(25)20-14-17-6-2-3-7-18(17)24-22(20)19-8-4-5-9-21(19)26-24/h2-14H,1H3. The summed E-state index contributed by atoms with van der Waals surface area (Å²) in [5.74, 6) is 0.0207. The van der Waals surface area contributed by atoms with E-state index in [9.17, 15) is 4.79 Å². The summed E-state index contributed by atoms with van der Waals surface area (Å²) < 4.78 is 6.16. The average molecular weight is 336 g/mol. The molecule has 0 N–H and O–H groups in total. The normalized spacial score (nSPS) is 11.4. The fraction of sp³-hybridized carbons (Fsp3) is 0.0417. The lowest BCUT2D eigenvalue weighted by Gasteiger charge is -2.07. The molecule has 2 nitrogen and oxygen atoms in total. The zero-order chi connectivity index (χ0) is 17.7. The third-order valence-corrected chi connectivity index (χ3v) is 4.93. The van der Waals surface area contributed by atoms with Gasteiger partial charge in [-0.2, -0.15) is 0 Å². The molecule has 0 aliphatic carbocycles. The Morgan fingerprint density at radius 1 is 0.808 bits per heavy atom. The maximum Gasteiger partial charge on any atom is 0.193 e. The molecule has 124 valence electrons. The van der Waals surface area contributed by atoms with Gasteiger partial charge in [-0.3, -0.25) is 4.79 Å². The zero-order valence-corrected chi connectivity index (χ0v) is 14.3. The monoisotopic (exact) mass is 336 g/mol. The molecule has 0 aliphatic rings. The van der Waals surface area contributed by atoms with Crippen molar-refractivity contribution in [3.63, 3.8) is 0 Å². The largest absolute Gasteiger partial charge is 0.455 e. The highest BCUT2D eigenvalue weighted by Crippen LogP contribution is 2.37. The minimum absolute atomic E-state index is 0.0207. The molecule has 5 aromatic rings. The minimum atomic E-state index is 0.0207. The predicted octanol–water partition coefficient (Wildman–Crippen LogP) is 6.28. The molecule has 0 saturated heterocycles. The third-order valence-electron chi connectivity index (χ3n) is 4.93. The van der Waals surface area contributed by atoms with Crippen molar-refractivity contribution in [2.45, 2.75) is 6.92 Å². The van der Waals surface area contributed by atoms with E-state index in [-0.39, 0.29) is 5.78 Å². The van der Waals surface area contributed by atoms with Crippen molar-refractivity contribution in [1.29, 1.82) is 0 Å². The van der Waals surface area contributed by atoms with E-state index in [1.165, 1.54) is 0 Å². The fourth-order valence-electron chi connectivity index (χ4n) is 3.60. The van der Waals surface area contributed by atoms with Crippen LogP contribution < -0.4 is 0 Å². The summed E-state index contributed by atoms with van der Waals surface area (Å²) in [5.41, 5.74) is 4.10. The molecule has 0 bridgehead atoms. The summed E-state index contributed by atoms with van der Waals surface area (Å²) >= 11 is 0. The van der Waals surface area contributed by atoms with Crippen molar-refractivity contribution in [3.8, 4) is 0 Å². The van der Waals surface area contributed by atoms with E-state index in [0.717, 1.165) is 38.3 Å². The lowest BCUT2D eigenvalue weighted by atomic mass is 9.94. The van der Waals surface area contributed by atoms with Crippen LogP contribution in [-0.4, -0.2) is 5.78 Å². The Morgan fingerprint density at radius 3 is 2.31 bits per heavy atom. The van der Waals surface area contributed by atoms with Crippen molar-refractivity contribution in [2.24, 2.45) is 0 Å². The number of benzene rings is 4. The van der Waals surface area contributed by atoms with Gasteiger partial charge in [-0.25, -0.2) is 0 Å². The molecule has 1 heterocycles. The second-order valence-corrected chi connectivity index (χ2v) is 6.64. The summed E-state index contributed by atoms with van der Waals surface area (Å²) in [4.78, 5) is 13.3. The fourth-order valence-corrected chi connectivity index (χ4v) is 3.60. The predicted molar refractivity (Wildman–Crippen MR) is 106 cm³/mol. The molecular formula is C24H16O2. The molecule has 0 atom stereocenters. The summed E-state index contributed by atoms with van der Waals surface area (Å²) in [6.07, 6.45) is 0. The number of hydrogen-bond acceptors (Lipinski definition) is 2. The topological polar surface area (TPSA) is 30.2 Å². The van der Waals surface area contributed by atoms with Gasteiger partial charge in [0.2, 0.25) is 0 Å². The summed E-state index contributed by atoms with van der Waals surface area (Å²) in [5, 5.41) is 3.90. The molecule has 0 spiro atoms. The Bertz CT molecular complexity index is 1290. The average Bonchev–Trinajstić information content (AvgIpc) is 3.07. The SMILES string of the molecule is Cc1ccc(C(=O)c2cc3ccccc3c3oc4ccccc4c23)cc1. The van der Waals surface area contributed by atoms with Crippen molar-refractivity contribution >= 4 is 38.5 Å². The second kappa shape index (κ2) is 5.57. The van der Waals surface area contributed by atoms with Gasteiger partial charge in [-0.1, -0.05) is 72.3 Å². The van der Waals surface area contributed by atoms with E-state index >= 15 is 0 Å². The number of carbonyl (C=O) groups is 1. The van der Waals surface area contributed by atoms with Crippen LogP contribution in [0.15, 0.2) is 83.3 Å². The first-order valence-electron chi connectivity index (χ1n) is 8.67. The lowest BCUT2D eigenvalue weighted by Crippen LogP contribution is -2.02. The van der Waals surface area contributed by atoms with Gasteiger partial charge in [0.1, 0.15) is 11.2 Å². The second-order valence-electron chi connectivity index (χ2n) is 6.64. The van der Waals surface area contributed by atoms with Crippen LogP contribution in [0.1, 0.15) is 21.5 Å². The smallest absolute Gasteiger partial charge is 0.193 e. The van der Waals surface area contributed by atoms with E-state index < -0.39 is 0 Å². The Kier molecular flexibility index (Phi) is 3.19. The molecule has 0 aliphatic heterocycles. The van der Waals surface area contributed by atoms with Crippen LogP contribution in [0.2, 0.25) is 0 Å². The highest BCUT2D eigenvalue weighted by molar-refractivity contribution is 6.26. The Balaban J connectivity index is 1.90. The summed E-state index contributed by atoms with van der Waals surface area (Å²) in [6.45, 7) is 2.02. The molecule has 2 heteroatoms. The molecule has 4 aromatic carbocycles. The van der Waals surface area contributed by atoms with E-state index in [4.69, 9.17) is 4.42 Å². The summed E-state index contributed by atoms with van der Waals surface area (Å²) in [6, 6.07) is 25.6. The highest BCUT2D eigenvalue weighted by Gasteiger charge is 2.20. The number of ketones is 1. The van der Waals surface area contributed by atoms with Gasteiger partial charge in [0, 0.05) is 27.3 Å². The molecule has 26 heavy (non-hydrogen) atoms. The van der Waals surface area contributed by atoms with Gasteiger partial charge in [-0.15, -0.1) is 0 Å². The van der Waals surface area contributed by atoms with Crippen LogP contribution in [0, 0.1) is 6.92 Å².